The van der Waals surface area contributed by atoms with Crippen molar-refractivity contribution in [2.24, 2.45) is 0 Å². The first-order valence-corrected chi connectivity index (χ1v) is 6.99. The van der Waals surface area contributed by atoms with Gasteiger partial charge >= 0.3 is 0 Å². The van der Waals surface area contributed by atoms with Gasteiger partial charge in [0.2, 0.25) is 5.91 Å². The molecule has 5 heteroatoms. The van der Waals surface area contributed by atoms with Gasteiger partial charge in [-0.2, -0.15) is 0 Å². The van der Waals surface area contributed by atoms with E-state index in [0.717, 1.165) is 12.8 Å². The average molecular weight is 275 g/mol. The Morgan fingerprint density at radius 1 is 1.20 bits per heavy atom. The van der Waals surface area contributed by atoms with Crippen LogP contribution in [0.2, 0.25) is 0 Å². The van der Waals surface area contributed by atoms with Gasteiger partial charge in [-0.3, -0.25) is 9.59 Å². The third kappa shape index (κ3) is 3.81. The first-order chi connectivity index (χ1) is 9.70. The summed E-state index contributed by atoms with van der Waals surface area (Å²) in [5.74, 6) is 0.0888. The third-order valence-electron chi connectivity index (χ3n) is 3.55. The molecule has 0 aromatic heterocycles. The molecule has 0 radical (unpaired) electrons. The van der Waals surface area contributed by atoms with Gasteiger partial charge in [-0.1, -0.05) is 18.2 Å². The van der Waals surface area contributed by atoms with Crippen LogP contribution >= 0.6 is 0 Å². The Kier molecular flexibility index (Phi) is 5.12. The van der Waals surface area contributed by atoms with E-state index in [1.807, 2.05) is 23.1 Å². The van der Waals surface area contributed by atoms with Crippen molar-refractivity contribution in [1.29, 1.82) is 0 Å². The van der Waals surface area contributed by atoms with Crippen LogP contribution in [0.5, 0.6) is 0 Å². The number of carbonyl (C=O) groups is 2. The lowest BCUT2D eigenvalue weighted by Crippen LogP contribution is -2.48. The van der Waals surface area contributed by atoms with E-state index in [9.17, 15) is 9.59 Å². The molecule has 0 unspecified atom stereocenters. The summed E-state index contributed by atoms with van der Waals surface area (Å²) in [6.07, 6.45) is 1.63. The number of rotatable bonds is 4. The number of carbonyl (C=O) groups excluding carboxylic acids is 2. The zero-order valence-corrected chi connectivity index (χ0v) is 11.8. The van der Waals surface area contributed by atoms with Crippen LogP contribution in [0.25, 0.3) is 0 Å². The molecule has 1 aromatic carbocycles. The molecule has 0 atom stereocenters. The van der Waals surface area contributed by atoms with Gasteiger partial charge in [0.25, 0.3) is 5.91 Å². The van der Waals surface area contributed by atoms with Crippen LogP contribution in [0.3, 0.4) is 0 Å². The third-order valence-corrected chi connectivity index (χ3v) is 3.55. The van der Waals surface area contributed by atoms with Crippen molar-refractivity contribution in [3.63, 3.8) is 0 Å². The standard InChI is InChI=1S/C15H21N3O2/c1-16-11-14(19)18-9-7-13(8-10-18)17-15(20)12-5-3-2-4-6-12/h2-6,13,16H,7-11H2,1H3,(H,17,20). The number of piperidine rings is 1. The fraction of sp³-hybridized carbons (Fsp3) is 0.467. The summed E-state index contributed by atoms with van der Waals surface area (Å²) in [6.45, 7) is 1.79. The van der Waals surface area contributed by atoms with E-state index < -0.39 is 0 Å². The Morgan fingerprint density at radius 2 is 1.85 bits per heavy atom. The van der Waals surface area contributed by atoms with Crippen molar-refractivity contribution in [3.05, 3.63) is 35.9 Å². The zero-order chi connectivity index (χ0) is 14.4. The van der Waals surface area contributed by atoms with Crippen molar-refractivity contribution in [2.75, 3.05) is 26.7 Å². The van der Waals surface area contributed by atoms with Gasteiger partial charge < -0.3 is 15.5 Å². The molecule has 1 aliphatic rings. The van der Waals surface area contributed by atoms with Gasteiger partial charge in [-0.15, -0.1) is 0 Å². The number of likely N-dealkylation sites (tertiary alicyclic amines) is 1. The topological polar surface area (TPSA) is 61.4 Å². The molecule has 5 nitrogen and oxygen atoms in total. The molecule has 1 fully saturated rings. The van der Waals surface area contributed by atoms with Gasteiger partial charge in [-0.05, 0) is 32.0 Å². The highest BCUT2D eigenvalue weighted by Gasteiger charge is 2.23. The maximum atomic E-state index is 12.0. The monoisotopic (exact) mass is 275 g/mol. The number of amides is 2. The predicted molar refractivity (Wildman–Crippen MR) is 77.4 cm³/mol. The second kappa shape index (κ2) is 7.05. The minimum atomic E-state index is -0.0365. The highest BCUT2D eigenvalue weighted by molar-refractivity contribution is 5.94. The van der Waals surface area contributed by atoms with Gasteiger partial charge in [0, 0.05) is 24.7 Å². The van der Waals surface area contributed by atoms with E-state index in [0.29, 0.717) is 25.2 Å². The fourth-order valence-electron chi connectivity index (χ4n) is 2.39. The number of hydrogen-bond donors (Lipinski definition) is 2. The SMILES string of the molecule is CNCC(=O)N1CCC(NC(=O)c2ccccc2)CC1. The normalized spacial score (nSPS) is 15.9. The molecule has 1 heterocycles. The van der Waals surface area contributed by atoms with Gasteiger partial charge in [0.1, 0.15) is 0 Å². The Morgan fingerprint density at radius 3 is 2.45 bits per heavy atom. The first kappa shape index (κ1) is 14.5. The van der Waals surface area contributed by atoms with Gasteiger partial charge in [-0.25, -0.2) is 0 Å². The van der Waals surface area contributed by atoms with E-state index in [1.165, 1.54) is 0 Å². The Labute approximate surface area is 119 Å². The van der Waals surface area contributed by atoms with E-state index in [-0.39, 0.29) is 17.9 Å². The van der Waals surface area contributed by atoms with E-state index in [4.69, 9.17) is 0 Å². The smallest absolute Gasteiger partial charge is 0.251 e. The summed E-state index contributed by atoms with van der Waals surface area (Å²) in [5.41, 5.74) is 0.682. The summed E-state index contributed by atoms with van der Waals surface area (Å²) >= 11 is 0. The van der Waals surface area contributed by atoms with Crippen molar-refractivity contribution < 1.29 is 9.59 Å². The highest BCUT2D eigenvalue weighted by atomic mass is 16.2. The summed E-state index contributed by atoms with van der Waals surface area (Å²) in [6, 6.07) is 9.37. The molecule has 2 N–H and O–H groups in total. The van der Waals surface area contributed by atoms with Gasteiger partial charge in [0.05, 0.1) is 6.54 Å². The summed E-state index contributed by atoms with van der Waals surface area (Å²) in [7, 11) is 1.77. The molecule has 2 amide bonds. The number of nitrogens with zero attached hydrogens (tertiary/aromatic N) is 1. The molecular weight excluding hydrogens is 254 g/mol. The van der Waals surface area contributed by atoms with Crippen LogP contribution in [0.4, 0.5) is 0 Å². The van der Waals surface area contributed by atoms with Gasteiger partial charge in [0.15, 0.2) is 0 Å². The molecule has 108 valence electrons. The Bertz CT molecular complexity index is 453. The summed E-state index contributed by atoms with van der Waals surface area (Å²) in [4.78, 5) is 25.6. The molecule has 2 rings (SSSR count). The predicted octanol–water partition coefficient (Wildman–Crippen LogP) is 0.627. The quantitative estimate of drug-likeness (QED) is 0.847. The van der Waals surface area contributed by atoms with Crippen molar-refractivity contribution in [3.8, 4) is 0 Å². The van der Waals surface area contributed by atoms with Crippen molar-refractivity contribution >= 4 is 11.8 Å². The lowest BCUT2D eigenvalue weighted by Gasteiger charge is -2.32. The Balaban J connectivity index is 1.80. The molecule has 20 heavy (non-hydrogen) atoms. The summed E-state index contributed by atoms with van der Waals surface area (Å²) < 4.78 is 0. The second-order valence-corrected chi connectivity index (χ2v) is 5.02. The van der Waals surface area contributed by atoms with Crippen LogP contribution < -0.4 is 10.6 Å². The molecular formula is C15H21N3O2. The van der Waals surface area contributed by atoms with Crippen LogP contribution in [-0.2, 0) is 4.79 Å². The summed E-state index contributed by atoms with van der Waals surface area (Å²) in [5, 5.41) is 5.90. The largest absolute Gasteiger partial charge is 0.349 e. The second-order valence-electron chi connectivity index (χ2n) is 5.02. The van der Waals surface area contributed by atoms with E-state index >= 15 is 0 Å². The highest BCUT2D eigenvalue weighted by Crippen LogP contribution is 2.11. The number of hydrogen-bond acceptors (Lipinski definition) is 3. The van der Waals surface area contributed by atoms with E-state index in [2.05, 4.69) is 10.6 Å². The minimum Gasteiger partial charge on any atom is -0.349 e. The van der Waals surface area contributed by atoms with Crippen LogP contribution in [0, 0.1) is 0 Å². The average Bonchev–Trinajstić information content (AvgIpc) is 2.49. The zero-order valence-electron chi connectivity index (χ0n) is 11.8. The number of nitrogens with one attached hydrogen (secondary N) is 2. The van der Waals surface area contributed by atoms with Crippen molar-refractivity contribution in [2.45, 2.75) is 18.9 Å². The molecule has 1 aromatic rings. The molecule has 0 bridgehead atoms. The molecule has 0 saturated carbocycles. The van der Waals surface area contributed by atoms with E-state index in [1.54, 1.807) is 19.2 Å². The molecule has 0 spiro atoms. The first-order valence-electron chi connectivity index (χ1n) is 6.99. The maximum Gasteiger partial charge on any atom is 0.251 e. The maximum absolute atomic E-state index is 12.0. The van der Waals surface area contributed by atoms with Crippen molar-refractivity contribution in [1.82, 2.24) is 15.5 Å². The van der Waals surface area contributed by atoms with Crippen LogP contribution in [-0.4, -0.2) is 49.4 Å². The lowest BCUT2D eigenvalue weighted by atomic mass is 10.0. The fourth-order valence-corrected chi connectivity index (χ4v) is 2.39. The number of benzene rings is 1. The Hall–Kier alpha value is -1.88. The van der Waals surface area contributed by atoms with Crippen LogP contribution in [0.15, 0.2) is 30.3 Å². The molecule has 0 aliphatic carbocycles. The molecule has 1 saturated heterocycles. The number of likely N-dealkylation sites (N-methyl/N-ethyl adjacent to an activating group) is 1. The molecule has 1 aliphatic heterocycles. The lowest BCUT2D eigenvalue weighted by molar-refractivity contribution is -0.131. The minimum absolute atomic E-state index is 0.0365. The van der Waals surface area contributed by atoms with Crippen LogP contribution in [0.1, 0.15) is 23.2 Å².